The van der Waals surface area contributed by atoms with Crippen molar-refractivity contribution >= 4 is 11.4 Å². The molecule has 0 saturated carbocycles. The molecule has 2 rings (SSSR count). The lowest BCUT2D eigenvalue weighted by atomic mass is 10.1. The summed E-state index contributed by atoms with van der Waals surface area (Å²) in [4.78, 5) is 10.7. The standard InChI is InChI=1S/C13H18N2O5/c1-8-9(4-5-20-8)14-10-6-12(18-2)13(19-3)7-11(10)15(16)17/h6-9,14H,4-5H2,1-3H3. The molecule has 2 unspecified atom stereocenters. The highest BCUT2D eigenvalue weighted by atomic mass is 16.6. The number of nitro benzene ring substituents is 1. The minimum absolute atomic E-state index is 0.0164. The normalized spacial score (nSPS) is 21.6. The van der Waals surface area contributed by atoms with E-state index in [2.05, 4.69) is 5.32 Å². The van der Waals surface area contributed by atoms with Crippen LogP contribution in [0.25, 0.3) is 0 Å². The molecule has 0 bridgehead atoms. The Hall–Kier alpha value is -2.02. The van der Waals surface area contributed by atoms with Gasteiger partial charge in [-0.25, -0.2) is 0 Å². The second kappa shape index (κ2) is 5.96. The van der Waals surface area contributed by atoms with Crippen LogP contribution in [0.2, 0.25) is 0 Å². The largest absolute Gasteiger partial charge is 0.493 e. The van der Waals surface area contributed by atoms with Crippen molar-refractivity contribution in [3.05, 3.63) is 22.2 Å². The molecular weight excluding hydrogens is 264 g/mol. The fourth-order valence-corrected chi connectivity index (χ4v) is 2.26. The van der Waals surface area contributed by atoms with Crippen LogP contribution in [0.4, 0.5) is 11.4 Å². The predicted octanol–water partition coefficient (Wildman–Crippen LogP) is 2.20. The summed E-state index contributed by atoms with van der Waals surface area (Å²) in [5.41, 5.74) is 0.372. The van der Waals surface area contributed by atoms with Crippen molar-refractivity contribution in [3.8, 4) is 11.5 Å². The van der Waals surface area contributed by atoms with Gasteiger partial charge in [0, 0.05) is 12.7 Å². The Morgan fingerprint density at radius 2 is 2.00 bits per heavy atom. The van der Waals surface area contributed by atoms with Gasteiger partial charge >= 0.3 is 0 Å². The molecule has 0 radical (unpaired) electrons. The van der Waals surface area contributed by atoms with Gasteiger partial charge in [-0.15, -0.1) is 0 Å². The van der Waals surface area contributed by atoms with Crippen molar-refractivity contribution in [1.29, 1.82) is 0 Å². The molecule has 1 fully saturated rings. The second-order valence-electron chi connectivity index (χ2n) is 4.60. The first-order chi connectivity index (χ1) is 9.56. The zero-order valence-corrected chi connectivity index (χ0v) is 11.7. The van der Waals surface area contributed by atoms with Gasteiger partial charge in [0.15, 0.2) is 11.5 Å². The van der Waals surface area contributed by atoms with Crippen molar-refractivity contribution < 1.29 is 19.1 Å². The van der Waals surface area contributed by atoms with Gasteiger partial charge in [-0.1, -0.05) is 0 Å². The lowest BCUT2D eigenvalue weighted by Crippen LogP contribution is -2.27. The molecule has 1 aromatic rings. The van der Waals surface area contributed by atoms with Gasteiger partial charge in [-0.05, 0) is 13.3 Å². The summed E-state index contributed by atoms with van der Waals surface area (Å²) in [6.45, 7) is 2.59. The quantitative estimate of drug-likeness (QED) is 0.658. The van der Waals surface area contributed by atoms with E-state index in [1.807, 2.05) is 6.92 Å². The molecule has 1 aromatic carbocycles. The maximum Gasteiger partial charge on any atom is 0.296 e. The maximum absolute atomic E-state index is 11.2. The lowest BCUT2D eigenvalue weighted by Gasteiger charge is -2.18. The van der Waals surface area contributed by atoms with E-state index in [0.29, 0.717) is 23.8 Å². The number of hydrogen-bond donors (Lipinski definition) is 1. The summed E-state index contributed by atoms with van der Waals surface area (Å²) < 4.78 is 15.7. The minimum Gasteiger partial charge on any atom is -0.493 e. The molecule has 0 spiro atoms. The van der Waals surface area contributed by atoms with E-state index >= 15 is 0 Å². The van der Waals surface area contributed by atoms with Gasteiger partial charge in [0.1, 0.15) is 5.69 Å². The number of ether oxygens (including phenoxy) is 3. The van der Waals surface area contributed by atoms with Crippen LogP contribution >= 0.6 is 0 Å². The molecule has 2 atom stereocenters. The number of benzene rings is 1. The molecule has 1 saturated heterocycles. The summed E-state index contributed by atoms with van der Waals surface area (Å²) in [6, 6.07) is 3.00. The molecule has 1 aliphatic heterocycles. The monoisotopic (exact) mass is 282 g/mol. The number of methoxy groups -OCH3 is 2. The van der Waals surface area contributed by atoms with Gasteiger partial charge < -0.3 is 19.5 Å². The fourth-order valence-electron chi connectivity index (χ4n) is 2.26. The molecule has 1 aliphatic rings. The zero-order chi connectivity index (χ0) is 14.7. The number of hydrogen-bond acceptors (Lipinski definition) is 6. The van der Waals surface area contributed by atoms with Crippen molar-refractivity contribution in [2.75, 3.05) is 26.1 Å². The topological polar surface area (TPSA) is 82.9 Å². The summed E-state index contributed by atoms with van der Waals surface area (Å²) in [5, 5.41) is 14.3. The molecule has 7 nitrogen and oxygen atoms in total. The van der Waals surface area contributed by atoms with Gasteiger partial charge in [0.25, 0.3) is 5.69 Å². The summed E-state index contributed by atoms with van der Waals surface area (Å²) >= 11 is 0. The van der Waals surface area contributed by atoms with E-state index in [-0.39, 0.29) is 17.8 Å². The third kappa shape index (κ3) is 2.77. The fraction of sp³-hybridized carbons (Fsp3) is 0.538. The first-order valence-electron chi connectivity index (χ1n) is 6.35. The molecule has 110 valence electrons. The number of nitrogens with zero attached hydrogens (tertiary/aromatic N) is 1. The maximum atomic E-state index is 11.2. The number of nitrogens with one attached hydrogen (secondary N) is 1. The van der Waals surface area contributed by atoms with Crippen LogP contribution in [-0.4, -0.2) is 37.9 Å². The summed E-state index contributed by atoms with van der Waals surface area (Å²) in [7, 11) is 2.94. The Bertz CT molecular complexity index is 506. The van der Waals surface area contributed by atoms with E-state index in [9.17, 15) is 10.1 Å². The molecule has 0 aliphatic carbocycles. The first kappa shape index (κ1) is 14.4. The van der Waals surface area contributed by atoms with Crippen molar-refractivity contribution in [3.63, 3.8) is 0 Å². The summed E-state index contributed by atoms with van der Waals surface area (Å²) in [6.07, 6.45) is 0.829. The van der Waals surface area contributed by atoms with Crippen LogP contribution < -0.4 is 14.8 Å². The molecule has 0 amide bonds. The number of anilines is 1. The summed E-state index contributed by atoms with van der Waals surface area (Å²) in [5.74, 6) is 0.785. The zero-order valence-electron chi connectivity index (χ0n) is 11.7. The minimum atomic E-state index is -0.440. The average Bonchev–Trinajstić information content (AvgIpc) is 2.83. The Labute approximate surface area is 117 Å². The third-order valence-electron chi connectivity index (χ3n) is 3.42. The van der Waals surface area contributed by atoms with Gasteiger partial charge in [0.2, 0.25) is 0 Å². The van der Waals surface area contributed by atoms with Crippen LogP contribution in [0, 0.1) is 10.1 Å². The Morgan fingerprint density at radius 3 is 2.50 bits per heavy atom. The highest BCUT2D eigenvalue weighted by Crippen LogP contribution is 2.38. The van der Waals surface area contributed by atoms with Crippen LogP contribution in [0.15, 0.2) is 12.1 Å². The van der Waals surface area contributed by atoms with E-state index < -0.39 is 4.92 Å². The average molecular weight is 282 g/mol. The van der Waals surface area contributed by atoms with Crippen molar-refractivity contribution in [1.82, 2.24) is 0 Å². The smallest absolute Gasteiger partial charge is 0.296 e. The number of rotatable bonds is 5. The number of nitro groups is 1. The first-order valence-corrected chi connectivity index (χ1v) is 6.35. The molecule has 0 aromatic heterocycles. The molecule has 7 heteroatoms. The molecule has 20 heavy (non-hydrogen) atoms. The van der Waals surface area contributed by atoms with Crippen LogP contribution in [0.5, 0.6) is 11.5 Å². The molecule has 1 N–H and O–H groups in total. The lowest BCUT2D eigenvalue weighted by molar-refractivity contribution is -0.384. The Kier molecular flexibility index (Phi) is 4.29. The van der Waals surface area contributed by atoms with Gasteiger partial charge in [0.05, 0.1) is 37.4 Å². The van der Waals surface area contributed by atoms with E-state index in [1.165, 1.54) is 20.3 Å². The Balaban J connectivity index is 2.36. The van der Waals surface area contributed by atoms with Crippen LogP contribution in [0.1, 0.15) is 13.3 Å². The van der Waals surface area contributed by atoms with Crippen molar-refractivity contribution in [2.45, 2.75) is 25.5 Å². The molecule has 1 heterocycles. The Morgan fingerprint density at radius 1 is 1.35 bits per heavy atom. The van der Waals surface area contributed by atoms with E-state index in [4.69, 9.17) is 14.2 Å². The SMILES string of the molecule is COc1cc(NC2CCOC2C)c([N+](=O)[O-])cc1OC. The highest BCUT2D eigenvalue weighted by molar-refractivity contribution is 5.69. The second-order valence-corrected chi connectivity index (χ2v) is 4.60. The highest BCUT2D eigenvalue weighted by Gasteiger charge is 2.27. The molecular formula is C13H18N2O5. The van der Waals surface area contributed by atoms with Crippen molar-refractivity contribution in [2.24, 2.45) is 0 Å². The van der Waals surface area contributed by atoms with Crippen LogP contribution in [-0.2, 0) is 4.74 Å². The van der Waals surface area contributed by atoms with Crippen LogP contribution in [0.3, 0.4) is 0 Å². The van der Waals surface area contributed by atoms with E-state index in [1.54, 1.807) is 6.07 Å². The predicted molar refractivity (Wildman–Crippen MR) is 73.6 cm³/mol. The third-order valence-corrected chi connectivity index (χ3v) is 3.42. The van der Waals surface area contributed by atoms with Gasteiger partial charge in [-0.2, -0.15) is 0 Å². The van der Waals surface area contributed by atoms with E-state index in [0.717, 1.165) is 6.42 Å². The van der Waals surface area contributed by atoms with Gasteiger partial charge in [-0.3, -0.25) is 10.1 Å².